The standard InChI is InChI=1S/C22H46O7.12CH4/c1-7-23-13-21(14-24-8-2,15-25-9-3)19-29-20-22(16-26-10-4,17-27-11-5)18-28-12-6;;;;;;;;;;;;/h7-20H2,1-6H3;12*1H4. The highest BCUT2D eigenvalue weighted by Gasteiger charge is 2.36. The Kier molecular flexibility index (Phi) is 113. The molecule has 0 saturated heterocycles. The molecule has 0 unspecified atom stereocenters. The van der Waals surface area contributed by atoms with E-state index in [-0.39, 0.29) is 99.9 Å². The lowest BCUT2D eigenvalue weighted by atomic mass is 9.90. The van der Waals surface area contributed by atoms with Gasteiger partial charge in [0.1, 0.15) is 0 Å². The number of hydrogen-bond donors (Lipinski definition) is 0. The number of rotatable bonds is 22. The van der Waals surface area contributed by atoms with Crippen molar-refractivity contribution in [2.75, 3.05) is 92.5 Å². The zero-order valence-electron chi connectivity index (χ0n) is 19.8. The van der Waals surface area contributed by atoms with E-state index in [1.807, 2.05) is 41.5 Å². The molecule has 0 aliphatic heterocycles. The van der Waals surface area contributed by atoms with Gasteiger partial charge in [0.25, 0.3) is 0 Å². The van der Waals surface area contributed by atoms with Crippen molar-refractivity contribution < 1.29 is 33.2 Å². The Morgan fingerprint density at radius 2 is 0.366 bits per heavy atom. The van der Waals surface area contributed by atoms with E-state index in [4.69, 9.17) is 33.2 Å². The van der Waals surface area contributed by atoms with Gasteiger partial charge in [0.05, 0.1) is 63.7 Å². The van der Waals surface area contributed by atoms with Crippen molar-refractivity contribution in [2.24, 2.45) is 10.8 Å². The fraction of sp³-hybridized carbons (Fsp3) is 1.00. The van der Waals surface area contributed by atoms with E-state index in [0.717, 1.165) is 0 Å². The first-order valence-corrected chi connectivity index (χ1v) is 11.1. The van der Waals surface area contributed by atoms with Crippen LogP contribution in [0.1, 0.15) is 131 Å². The lowest BCUT2D eigenvalue weighted by Crippen LogP contribution is -2.46. The van der Waals surface area contributed by atoms with E-state index in [2.05, 4.69) is 0 Å². The fourth-order valence-corrected chi connectivity index (χ4v) is 2.90. The molecule has 0 aliphatic rings. The van der Waals surface area contributed by atoms with Gasteiger partial charge in [-0.25, -0.2) is 0 Å². The van der Waals surface area contributed by atoms with E-state index < -0.39 is 0 Å². The van der Waals surface area contributed by atoms with E-state index in [1.165, 1.54) is 0 Å². The summed E-state index contributed by atoms with van der Waals surface area (Å²) in [5, 5.41) is 0. The molecule has 0 heterocycles. The molecule has 0 amide bonds. The first kappa shape index (κ1) is 83.6. The minimum absolute atomic E-state index is 0. The topological polar surface area (TPSA) is 64.6 Å². The SMILES string of the molecule is C.C.C.C.C.C.C.C.C.C.C.C.CCOCC(COCC)(COCC)COCC(COCC)(COCC)COCC. The van der Waals surface area contributed by atoms with Gasteiger partial charge in [-0.1, -0.05) is 89.1 Å². The molecule has 0 rings (SSSR count). The van der Waals surface area contributed by atoms with Crippen molar-refractivity contribution in [3.05, 3.63) is 0 Å². The van der Waals surface area contributed by atoms with Gasteiger partial charge >= 0.3 is 0 Å². The second-order valence-corrected chi connectivity index (χ2v) is 7.32. The van der Waals surface area contributed by atoms with E-state index in [0.29, 0.717) is 92.5 Å². The summed E-state index contributed by atoms with van der Waals surface area (Å²) in [6.45, 7) is 19.9. The Morgan fingerprint density at radius 1 is 0.244 bits per heavy atom. The maximum absolute atomic E-state index is 6.27. The average Bonchev–Trinajstić information content (AvgIpc) is 2.75. The largest absolute Gasteiger partial charge is 0.381 e. The second-order valence-electron chi connectivity index (χ2n) is 7.32. The molecule has 0 aliphatic carbocycles. The van der Waals surface area contributed by atoms with E-state index in [9.17, 15) is 0 Å². The predicted octanol–water partition coefficient (Wildman–Crippen LogP) is 10.8. The minimum atomic E-state index is -0.351. The maximum atomic E-state index is 6.27. The molecule has 0 radical (unpaired) electrons. The maximum Gasteiger partial charge on any atom is 0.0637 e. The highest BCUT2D eigenvalue weighted by molar-refractivity contribution is 4.83. The molecule has 41 heavy (non-hydrogen) atoms. The molecule has 272 valence electrons. The van der Waals surface area contributed by atoms with Crippen molar-refractivity contribution in [3.63, 3.8) is 0 Å². The van der Waals surface area contributed by atoms with Gasteiger partial charge in [-0.15, -0.1) is 0 Å². The molecule has 0 saturated carbocycles. The lowest BCUT2D eigenvalue weighted by Gasteiger charge is -2.36. The van der Waals surface area contributed by atoms with Crippen LogP contribution in [-0.4, -0.2) is 92.5 Å². The van der Waals surface area contributed by atoms with Crippen LogP contribution in [0.4, 0.5) is 0 Å². The minimum Gasteiger partial charge on any atom is -0.381 e. The van der Waals surface area contributed by atoms with Gasteiger partial charge in [-0.05, 0) is 41.5 Å². The van der Waals surface area contributed by atoms with Gasteiger partial charge < -0.3 is 33.2 Å². The smallest absolute Gasteiger partial charge is 0.0637 e. The van der Waals surface area contributed by atoms with Crippen LogP contribution in [-0.2, 0) is 33.2 Å². The molecule has 0 aromatic carbocycles. The normalized spacial score (nSPS) is 8.93. The Bertz CT molecular complexity index is 280. The summed E-state index contributed by atoms with van der Waals surface area (Å²) in [7, 11) is 0. The van der Waals surface area contributed by atoms with Crippen molar-refractivity contribution in [3.8, 4) is 0 Å². The average molecular weight is 615 g/mol. The van der Waals surface area contributed by atoms with Crippen LogP contribution in [0.3, 0.4) is 0 Å². The number of hydrogen-bond acceptors (Lipinski definition) is 7. The summed E-state index contributed by atoms with van der Waals surface area (Å²) < 4.78 is 40.8. The zero-order chi connectivity index (χ0) is 21.8. The lowest BCUT2D eigenvalue weighted by molar-refractivity contribution is -0.139. The molecule has 0 spiro atoms. The molecule has 0 N–H and O–H groups in total. The predicted molar refractivity (Wildman–Crippen MR) is 195 cm³/mol. The van der Waals surface area contributed by atoms with Gasteiger partial charge in [0, 0.05) is 39.6 Å². The van der Waals surface area contributed by atoms with Crippen LogP contribution in [0.2, 0.25) is 0 Å². The zero-order valence-corrected chi connectivity index (χ0v) is 19.8. The molecule has 0 bridgehead atoms. The summed E-state index contributed by atoms with van der Waals surface area (Å²) in [5.41, 5.74) is -0.701. The summed E-state index contributed by atoms with van der Waals surface area (Å²) in [5.74, 6) is 0. The first-order valence-electron chi connectivity index (χ1n) is 11.1. The van der Waals surface area contributed by atoms with Crippen LogP contribution in [0.5, 0.6) is 0 Å². The third-order valence-corrected chi connectivity index (χ3v) is 4.49. The van der Waals surface area contributed by atoms with Crippen molar-refractivity contribution in [2.45, 2.75) is 131 Å². The molecular formula is C34H94O7. The molecule has 0 aromatic rings. The Hall–Kier alpha value is -0.280. The van der Waals surface area contributed by atoms with Gasteiger partial charge in [-0.3, -0.25) is 0 Å². The highest BCUT2D eigenvalue weighted by atomic mass is 16.5. The van der Waals surface area contributed by atoms with Crippen LogP contribution in [0.15, 0.2) is 0 Å². The van der Waals surface area contributed by atoms with E-state index >= 15 is 0 Å². The molecule has 0 atom stereocenters. The second kappa shape index (κ2) is 55.6. The van der Waals surface area contributed by atoms with Crippen LogP contribution in [0.25, 0.3) is 0 Å². The molecule has 7 heteroatoms. The Morgan fingerprint density at radius 3 is 0.488 bits per heavy atom. The van der Waals surface area contributed by atoms with Crippen LogP contribution >= 0.6 is 0 Å². The fourth-order valence-electron chi connectivity index (χ4n) is 2.90. The third kappa shape index (κ3) is 39.7. The Labute approximate surface area is 267 Å². The molecule has 7 nitrogen and oxygen atoms in total. The summed E-state index contributed by atoms with van der Waals surface area (Å²) >= 11 is 0. The first-order chi connectivity index (χ1) is 14.1. The van der Waals surface area contributed by atoms with Crippen molar-refractivity contribution >= 4 is 0 Å². The summed E-state index contributed by atoms with van der Waals surface area (Å²) in [6.07, 6.45) is 0. The third-order valence-electron chi connectivity index (χ3n) is 4.49. The van der Waals surface area contributed by atoms with Gasteiger partial charge in [0.2, 0.25) is 0 Å². The van der Waals surface area contributed by atoms with E-state index in [1.54, 1.807) is 0 Å². The highest BCUT2D eigenvalue weighted by Crippen LogP contribution is 2.25. The van der Waals surface area contributed by atoms with Gasteiger partial charge in [0.15, 0.2) is 0 Å². The van der Waals surface area contributed by atoms with Gasteiger partial charge in [-0.2, -0.15) is 0 Å². The van der Waals surface area contributed by atoms with Crippen LogP contribution in [0, 0.1) is 10.8 Å². The number of ether oxygens (including phenoxy) is 7. The monoisotopic (exact) mass is 615 g/mol. The van der Waals surface area contributed by atoms with Crippen LogP contribution < -0.4 is 0 Å². The molecule has 0 fully saturated rings. The Balaban J connectivity index is -0.0000000594. The molecule has 0 aromatic heterocycles. The quantitative estimate of drug-likeness (QED) is 0.120. The molecular weight excluding hydrogens is 520 g/mol. The van der Waals surface area contributed by atoms with Crippen molar-refractivity contribution in [1.29, 1.82) is 0 Å². The summed E-state index contributed by atoms with van der Waals surface area (Å²) in [4.78, 5) is 0. The summed E-state index contributed by atoms with van der Waals surface area (Å²) in [6, 6.07) is 0. The van der Waals surface area contributed by atoms with Crippen molar-refractivity contribution in [1.82, 2.24) is 0 Å².